The number of hydrogen-bond acceptors (Lipinski definition) is 6. The van der Waals surface area contributed by atoms with E-state index in [4.69, 9.17) is 21.1 Å². The van der Waals surface area contributed by atoms with Gasteiger partial charge >= 0.3 is 0 Å². The van der Waals surface area contributed by atoms with Gasteiger partial charge in [-0.2, -0.15) is 0 Å². The van der Waals surface area contributed by atoms with E-state index in [1.807, 2.05) is 0 Å². The lowest BCUT2D eigenvalue weighted by Gasteiger charge is -2.35. The molecule has 1 atom stereocenters. The first-order valence-electron chi connectivity index (χ1n) is 12.1. The number of fused-ring (bicyclic) bond motifs is 2. The van der Waals surface area contributed by atoms with Crippen molar-refractivity contribution in [3.8, 4) is 17.2 Å². The van der Waals surface area contributed by atoms with Gasteiger partial charge in [0.2, 0.25) is 0 Å². The molecule has 2 heterocycles. The summed E-state index contributed by atoms with van der Waals surface area (Å²) in [6, 6.07) is 15.6. The van der Waals surface area contributed by atoms with E-state index < -0.39 is 16.1 Å². The van der Waals surface area contributed by atoms with E-state index in [1.165, 1.54) is 29.6 Å². The first kappa shape index (κ1) is 28.4. The van der Waals surface area contributed by atoms with Crippen LogP contribution in [0.1, 0.15) is 24.5 Å². The largest absolute Gasteiger partial charge is 0.497 e. The number of methoxy groups -OCH3 is 1. The van der Waals surface area contributed by atoms with Crippen LogP contribution >= 0.6 is 24.0 Å². The smallest absolute Gasteiger partial charge is 0.268 e. The molecule has 0 aliphatic carbocycles. The summed E-state index contributed by atoms with van der Waals surface area (Å²) in [5.74, 6) is 0.924. The van der Waals surface area contributed by atoms with Gasteiger partial charge in [0.15, 0.2) is 5.75 Å². The van der Waals surface area contributed by atoms with Crippen molar-refractivity contribution in [2.75, 3.05) is 37.6 Å². The summed E-state index contributed by atoms with van der Waals surface area (Å²) in [4.78, 5) is 2.17. The molecule has 1 saturated heterocycles. The number of sulfonamides is 1. The second-order valence-corrected chi connectivity index (χ2v) is 11.6. The number of halogens is 3. The Balaban J connectivity index is 0.00000336. The molecule has 5 rings (SSSR count). The summed E-state index contributed by atoms with van der Waals surface area (Å²) < 4.78 is 53.8. The number of rotatable bonds is 6. The molecule has 38 heavy (non-hydrogen) atoms. The Morgan fingerprint density at radius 1 is 1.08 bits per heavy atom. The fourth-order valence-corrected chi connectivity index (χ4v) is 6.78. The van der Waals surface area contributed by atoms with Crippen molar-refractivity contribution in [3.05, 3.63) is 77.1 Å². The molecule has 7 nitrogen and oxygen atoms in total. The third-order valence-electron chi connectivity index (χ3n) is 6.95. The van der Waals surface area contributed by atoms with E-state index in [0.717, 1.165) is 12.8 Å². The molecule has 3 aromatic carbocycles. The Kier molecular flexibility index (Phi) is 8.74. The van der Waals surface area contributed by atoms with Crippen LogP contribution in [0.5, 0.6) is 17.2 Å². The number of anilines is 1. The molecule has 2 aliphatic rings. The maximum Gasteiger partial charge on any atom is 0.268 e. The van der Waals surface area contributed by atoms with Gasteiger partial charge < -0.3 is 19.5 Å². The minimum atomic E-state index is -3.97. The topological polar surface area (TPSA) is 79.3 Å². The first-order valence-corrected chi connectivity index (χ1v) is 13.9. The normalized spacial score (nSPS) is 17.8. The summed E-state index contributed by atoms with van der Waals surface area (Å²) in [6.07, 6.45) is 0.788. The zero-order chi connectivity index (χ0) is 26.2. The maximum atomic E-state index is 13.9. The second kappa shape index (κ2) is 11.7. The predicted molar refractivity (Wildman–Crippen MR) is 147 cm³/mol. The van der Waals surface area contributed by atoms with Gasteiger partial charge in [-0.1, -0.05) is 23.7 Å². The standard InChI is InChI=1S/C27H28ClFN2O5S.ClH/c1-35-22-7-9-25-23(15-22)31(37(33,34)27-14-20(28)4-8-26(27)36-25)16-18-10-12-30(13-11-18)17-24(32)19-2-5-21(29)6-3-19;/h2-9,14-15,18,24,32H,10-13,16-17H2,1H3;1H/t24-;/m0./s1. The Bertz CT molecular complexity index is 1380. The average molecular weight is 584 g/mol. The molecule has 0 saturated carbocycles. The zero-order valence-electron chi connectivity index (χ0n) is 20.7. The van der Waals surface area contributed by atoms with Crippen LogP contribution in [0.4, 0.5) is 10.1 Å². The lowest BCUT2D eigenvalue weighted by molar-refractivity contribution is 0.0904. The number of hydrogen-bond donors (Lipinski definition) is 1. The summed E-state index contributed by atoms with van der Waals surface area (Å²) >= 11 is 6.16. The number of aliphatic hydroxyl groups excluding tert-OH is 1. The third kappa shape index (κ3) is 5.87. The fraction of sp³-hybridized carbons (Fsp3) is 0.333. The van der Waals surface area contributed by atoms with E-state index in [-0.39, 0.29) is 41.3 Å². The number of aliphatic hydroxyl groups is 1. The minimum absolute atomic E-state index is 0. The van der Waals surface area contributed by atoms with Crippen molar-refractivity contribution in [3.63, 3.8) is 0 Å². The number of nitrogens with zero attached hydrogens (tertiary/aromatic N) is 2. The number of piperidine rings is 1. The average Bonchev–Trinajstić information content (AvgIpc) is 2.97. The second-order valence-electron chi connectivity index (χ2n) is 9.37. The van der Waals surface area contributed by atoms with Crippen LogP contribution in [0.25, 0.3) is 0 Å². The zero-order valence-corrected chi connectivity index (χ0v) is 23.1. The van der Waals surface area contributed by atoms with Crippen molar-refractivity contribution in [1.82, 2.24) is 4.90 Å². The molecule has 1 fully saturated rings. The van der Waals surface area contributed by atoms with Crippen molar-refractivity contribution in [2.45, 2.75) is 23.8 Å². The number of likely N-dealkylation sites (tertiary alicyclic amines) is 1. The van der Waals surface area contributed by atoms with Gasteiger partial charge in [0.25, 0.3) is 10.0 Å². The van der Waals surface area contributed by atoms with Crippen LogP contribution in [0.3, 0.4) is 0 Å². The molecule has 3 aromatic rings. The molecule has 0 amide bonds. The van der Waals surface area contributed by atoms with E-state index in [0.29, 0.717) is 47.4 Å². The summed E-state index contributed by atoms with van der Waals surface area (Å²) in [5, 5.41) is 10.9. The molecule has 0 aromatic heterocycles. The van der Waals surface area contributed by atoms with Gasteiger partial charge in [0.1, 0.15) is 22.2 Å². The summed E-state index contributed by atoms with van der Waals surface area (Å²) in [6.45, 7) is 2.12. The van der Waals surface area contributed by atoms with Gasteiger partial charge in [0, 0.05) is 24.2 Å². The van der Waals surface area contributed by atoms with Crippen LogP contribution in [-0.2, 0) is 10.0 Å². The molecule has 11 heteroatoms. The van der Waals surface area contributed by atoms with Gasteiger partial charge in [-0.3, -0.25) is 4.31 Å². The lowest BCUT2D eigenvalue weighted by atomic mass is 9.96. The Hall–Kier alpha value is -2.56. The third-order valence-corrected chi connectivity index (χ3v) is 8.98. The van der Waals surface area contributed by atoms with E-state index in [9.17, 15) is 17.9 Å². The molecule has 1 N–H and O–H groups in total. The number of benzene rings is 3. The minimum Gasteiger partial charge on any atom is -0.497 e. The Labute approximate surface area is 233 Å². The van der Waals surface area contributed by atoms with Gasteiger partial charge in [-0.25, -0.2) is 12.8 Å². The summed E-state index contributed by atoms with van der Waals surface area (Å²) in [7, 11) is -2.44. The van der Waals surface area contributed by atoms with Crippen LogP contribution < -0.4 is 13.8 Å². The predicted octanol–water partition coefficient (Wildman–Crippen LogP) is 5.66. The molecule has 0 spiro atoms. The highest BCUT2D eigenvalue weighted by Crippen LogP contribution is 2.45. The highest BCUT2D eigenvalue weighted by molar-refractivity contribution is 7.93. The van der Waals surface area contributed by atoms with Crippen LogP contribution in [0, 0.1) is 11.7 Å². The van der Waals surface area contributed by atoms with Crippen molar-refractivity contribution < 1.29 is 27.4 Å². The number of β-amino-alcohol motifs (C(OH)–C–C–N with tert-alkyl or cyclic N) is 1. The first-order chi connectivity index (χ1) is 17.7. The van der Waals surface area contributed by atoms with Crippen LogP contribution in [0.2, 0.25) is 5.02 Å². The number of ether oxygens (including phenoxy) is 2. The van der Waals surface area contributed by atoms with Crippen LogP contribution in [0.15, 0.2) is 65.6 Å². The lowest BCUT2D eigenvalue weighted by Crippen LogP contribution is -2.42. The van der Waals surface area contributed by atoms with E-state index in [1.54, 1.807) is 42.5 Å². The van der Waals surface area contributed by atoms with Gasteiger partial charge in [0.05, 0.1) is 18.9 Å². The molecule has 0 unspecified atom stereocenters. The molecule has 2 aliphatic heterocycles. The molecule has 204 valence electrons. The van der Waals surface area contributed by atoms with Crippen LogP contribution in [-0.4, -0.2) is 51.7 Å². The quantitative estimate of drug-likeness (QED) is 0.404. The van der Waals surface area contributed by atoms with E-state index in [2.05, 4.69) is 4.90 Å². The maximum absolute atomic E-state index is 13.9. The van der Waals surface area contributed by atoms with Crippen molar-refractivity contribution in [2.24, 2.45) is 5.92 Å². The van der Waals surface area contributed by atoms with E-state index >= 15 is 0 Å². The Morgan fingerprint density at radius 3 is 2.45 bits per heavy atom. The monoisotopic (exact) mass is 582 g/mol. The highest BCUT2D eigenvalue weighted by Gasteiger charge is 2.36. The molecule has 0 bridgehead atoms. The van der Waals surface area contributed by atoms with Gasteiger partial charge in [-0.15, -0.1) is 12.4 Å². The SMILES string of the molecule is COc1ccc2c(c1)N(CC1CCN(C[C@H](O)c3ccc(F)cc3)CC1)S(=O)(=O)c1cc(Cl)ccc1O2.Cl. The van der Waals surface area contributed by atoms with Gasteiger partial charge in [-0.05, 0) is 79.9 Å². The highest BCUT2D eigenvalue weighted by atomic mass is 35.5. The van der Waals surface area contributed by atoms with Crippen molar-refractivity contribution >= 4 is 39.7 Å². The van der Waals surface area contributed by atoms with Crippen molar-refractivity contribution in [1.29, 1.82) is 0 Å². The molecular weight excluding hydrogens is 554 g/mol. The molecular formula is C27H29Cl2FN2O5S. The molecule has 0 radical (unpaired) electrons. The summed E-state index contributed by atoms with van der Waals surface area (Å²) in [5.41, 5.74) is 1.09. The Morgan fingerprint density at radius 2 is 1.76 bits per heavy atom. The fourth-order valence-electron chi connectivity index (χ4n) is 4.86.